The van der Waals surface area contributed by atoms with E-state index in [1.54, 1.807) is 10.7 Å². The number of benzene rings is 1. The molecule has 4 heteroatoms. The molecule has 0 radical (unpaired) electrons. The number of hydrogen-bond donors (Lipinski definition) is 1. The molecule has 1 atom stereocenters. The van der Waals surface area contributed by atoms with E-state index >= 15 is 0 Å². The van der Waals surface area contributed by atoms with Gasteiger partial charge in [0.25, 0.3) is 0 Å². The van der Waals surface area contributed by atoms with Crippen LogP contribution in [0.3, 0.4) is 0 Å². The molecule has 0 bridgehead atoms. The Balaban J connectivity index is 2.58. The van der Waals surface area contributed by atoms with E-state index in [1.807, 2.05) is 26.4 Å². The van der Waals surface area contributed by atoms with Crippen LogP contribution < -0.4 is 5.32 Å². The Hall–Kier alpha value is -1.68. The molecule has 1 aromatic heterocycles. The zero-order chi connectivity index (χ0) is 14.7. The summed E-state index contributed by atoms with van der Waals surface area (Å²) in [6.45, 7) is 4.20. The van der Waals surface area contributed by atoms with Gasteiger partial charge >= 0.3 is 0 Å². The van der Waals surface area contributed by atoms with Gasteiger partial charge in [-0.15, -0.1) is 0 Å². The van der Waals surface area contributed by atoms with Gasteiger partial charge in [-0.25, -0.2) is 4.39 Å². The summed E-state index contributed by atoms with van der Waals surface area (Å²) in [7, 11) is 3.82. The van der Waals surface area contributed by atoms with Gasteiger partial charge in [-0.05, 0) is 43.7 Å². The summed E-state index contributed by atoms with van der Waals surface area (Å²) in [5.41, 5.74) is 4.10. The van der Waals surface area contributed by atoms with Gasteiger partial charge in [0.1, 0.15) is 5.82 Å². The lowest BCUT2D eigenvalue weighted by molar-refractivity contribution is 0.620. The summed E-state index contributed by atoms with van der Waals surface area (Å²) >= 11 is 0. The molecule has 0 fully saturated rings. The van der Waals surface area contributed by atoms with Gasteiger partial charge < -0.3 is 5.32 Å². The number of nitrogens with zero attached hydrogens (tertiary/aromatic N) is 2. The van der Waals surface area contributed by atoms with Gasteiger partial charge in [-0.3, -0.25) is 4.68 Å². The molecule has 0 saturated heterocycles. The SMILES string of the molecule is CCCc1nn(C)cc1-c1cc(F)ccc1C(C)NC. The highest BCUT2D eigenvalue weighted by Gasteiger charge is 2.16. The first kappa shape index (κ1) is 14.7. The van der Waals surface area contributed by atoms with Crippen molar-refractivity contribution in [3.05, 3.63) is 41.5 Å². The van der Waals surface area contributed by atoms with Crippen LogP contribution in [0.2, 0.25) is 0 Å². The Morgan fingerprint density at radius 3 is 2.75 bits per heavy atom. The van der Waals surface area contributed by atoms with Crippen LogP contribution in [0.5, 0.6) is 0 Å². The van der Waals surface area contributed by atoms with Crippen LogP contribution in [0.15, 0.2) is 24.4 Å². The monoisotopic (exact) mass is 275 g/mol. The van der Waals surface area contributed by atoms with Gasteiger partial charge in [-0.1, -0.05) is 19.4 Å². The molecular weight excluding hydrogens is 253 g/mol. The van der Waals surface area contributed by atoms with E-state index in [9.17, 15) is 4.39 Å². The zero-order valence-electron chi connectivity index (χ0n) is 12.6. The topological polar surface area (TPSA) is 29.9 Å². The highest BCUT2D eigenvalue weighted by atomic mass is 19.1. The van der Waals surface area contributed by atoms with E-state index in [2.05, 4.69) is 24.3 Å². The maximum Gasteiger partial charge on any atom is 0.123 e. The molecule has 1 unspecified atom stereocenters. The van der Waals surface area contributed by atoms with Crippen molar-refractivity contribution in [2.75, 3.05) is 7.05 Å². The minimum Gasteiger partial charge on any atom is -0.313 e. The predicted octanol–water partition coefficient (Wildman–Crippen LogP) is 3.46. The lowest BCUT2D eigenvalue weighted by Crippen LogP contribution is -2.13. The summed E-state index contributed by atoms with van der Waals surface area (Å²) in [4.78, 5) is 0. The molecule has 1 N–H and O–H groups in total. The number of rotatable bonds is 5. The molecule has 20 heavy (non-hydrogen) atoms. The summed E-state index contributed by atoms with van der Waals surface area (Å²) in [6, 6.07) is 5.15. The largest absolute Gasteiger partial charge is 0.313 e. The van der Waals surface area contributed by atoms with Gasteiger partial charge in [0, 0.05) is 24.8 Å². The second-order valence-electron chi connectivity index (χ2n) is 5.16. The lowest BCUT2D eigenvalue weighted by atomic mass is 9.95. The molecule has 108 valence electrons. The normalized spacial score (nSPS) is 12.7. The summed E-state index contributed by atoms with van der Waals surface area (Å²) < 4.78 is 15.5. The first-order chi connectivity index (χ1) is 9.56. The highest BCUT2D eigenvalue weighted by Crippen LogP contribution is 2.31. The van der Waals surface area contributed by atoms with Crippen molar-refractivity contribution in [1.82, 2.24) is 15.1 Å². The van der Waals surface area contributed by atoms with Crippen molar-refractivity contribution < 1.29 is 4.39 Å². The van der Waals surface area contributed by atoms with Crippen LogP contribution in [0, 0.1) is 5.82 Å². The molecule has 2 aromatic rings. The van der Waals surface area contributed by atoms with Crippen molar-refractivity contribution in [1.29, 1.82) is 0 Å². The van der Waals surface area contributed by atoms with Crippen LogP contribution in [-0.4, -0.2) is 16.8 Å². The van der Waals surface area contributed by atoms with Crippen molar-refractivity contribution in [2.45, 2.75) is 32.7 Å². The number of aromatic nitrogens is 2. The molecule has 0 aliphatic rings. The van der Waals surface area contributed by atoms with Crippen molar-refractivity contribution in [3.8, 4) is 11.1 Å². The second kappa shape index (κ2) is 6.18. The third-order valence-electron chi connectivity index (χ3n) is 3.60. The van der Waals surface area contributed by atoms with Gasteiger partial charge in [0.15, 0.2) is 0 Å². The van der Waals surface area contributed by atoms with Crippen molar-refractivity contribution in [2.24, 2.45) is 7.05 Å². The third kappa shape index (κ3) is 2.90. The van der Waals surface area contributed by atoms with E-state index in [0.717, 1.165) is 35.2 Å². The molecule has 0 aliphatic heterocycles. The average molecular weight is 275 g/mol. The van der Waals surface area contributed by atoms with E-state index < -0.39 is 0 Å². The Morgan fingerprint density at radius 1 is 1.35 bits per heavy atom. The van der Waals surface area contributed by atoms with E-state index in [1.165, 1.54) is 6.07 Å². The second-order valence-corrected chi connectivity index (χ2v) is 5.16. The third-order valence-corrected chi connectivity index (χ3v) is 3.60. The number of hydrogen-bond acceptors (Lipinski definition) is 2. The minimum absolute atomic E-state index is 0.167. The van der Waals surface area contributed by atoms with E-state index in [0.29, 0.717) is 0 Å². The molecule has 2 rings (SSSR count). The quantitative estimate of drug-likeness (QED) is 0.905. The van der Waals surface area contributed by atoms with E-state index in [-0.39, 0.29) is 11.9 Å². The fraction of sp³-hybridized carbons (Fsp3) is 0.438. The van der Waals surface area contributed by atoms with E-state index in [4.69, 9.17) is 0 Å². The van der Waals surface area contributed by atoms with Gasteiger partial charge in [0.05, 0.1) is 5.69 Å². The summed E-state index contributed by atoms with van der Waals surface area (Å²) in [5.74, 6) is -0.210. The standard InChI is InChI=1S/C16H22FN3/c1-5-6-16-15(10-20(4)19-16)14-9-12(17)7-8-13(14)11(2)18-3/h7-11,18H,5-6H2,1-4H3. The Labute approximate surface area is 119 Å². The van der Waals surface area contributed by atoms with Crippen LogP contribution in [0.25, 0.3) is 11.1 Å². The Kier molecular flexibility index (Phi) is 4.55. The minimum atomic E-state index is -0.210. The summed E-state index contributed by atoms with van der Waals surface area (Å²) in [5, 5.41) is 7.73. The fourth-order valence-corrected chi connectivity index (χ4v) is 2.48. The van der Waals surface area contributed by atoms with Crippen LogP contribution in [-0.2, 0) is 13.5 Å². The van der Waals surface area contributed by atoms with Gasteiger partial charge in [-0.2, -0.15) is 5.10 Å². The molecule has 0 amide bonds. The first-order valence-corrected chi connectivity index (χ1v) is 7.06. The molecule has 1 aromatic carbocycles. The first-order valence-electron chi connectivity index (χ1n) is 7.06. The highest BCUT2D eigenvalue weighted by molar-refractivity contribution is 5.69. The van der Waals surface area contributed by atoms with Crippen molar-refractivity contribution in [3.63, 3.8) is 0 Å². The smallest absolute Gasteiger partial charge is 0.123 e. The molecule has 3 nitrogen and oxygen atoms in total. The molecule has 0 spiro atoms. The number of nitrogens with one attached hydrogen (secondary N) is 1. The molecular formula is C16H22FN3. The molecule has 0 saturated carbocycles. The average Bonchev–Trinajstić information content (AvgIpc) is 2.79. The summed E-state index contributed by atoms with van der Waals surface area (Å²) in [6.07, 6.45) is 3.90. The Bertz CT molecular complexity index is 589. The molecule has 1 heterocycles. The van der Waals surface area contributed by atoms with Crippen LogP contribution in [0.1, 0.15) is 37.6 Å². The maximum absolute atomic E-state index is 13.7. The lowest BCUT2D eigenvalue weighted by Gasteiger charge is -2.16. The predicted molar refractivity (Wildman–Crippen MR) is 80.1 cm³/mol. The Morgan fingerprint density at radius 2 is 2.10 bits per heavy atom. The van der Waals surface area contributed by atoms with Crippen LogP contribution in [0.4, 0.5) is 4.39 Å². The van der Waals surface area contributed by atoms with Crippen LogP contribution >= 0.6 is 0 Å². The number of aryl methyl sites for hydroxylation is 2. The maximum atomic E-state index is 13.7. The fourth-order valence-electron chi connectivity index (χ4n) is 2.48. The van der Waals surface area contributed by atoms with Crippen molar-refractivity contribution >= 4 is 0 Å². The number of halogens is 1. The molecule has 0 aliphatic carbocycles. The van der Waals surface area contributed by atoms with Gasteiger partial charge in [0.2, 0.25) is 0 Å². The zero-order valence-corrected chi connectivity index (χ0v) is 12.6.